The molecule has 0 heterocycles. The van der Waals surface area contributed by atoms with Crippen LogP contribution in [0.25, 0.3) is 10.8 Å². The minimum absolute atomic E-state index is 0.0795. The maximum Gasteiger partial charge on any atom is 0.309 e. The first kappa shape index (κ1) is 21.7. The zero-order valence-corrected chi connectivity index (χ0v) is 16.8. The lowest BCUT2D eigenvalue weighted by atomic mass is 9.82. The fourth-order valence-corrected chi connectivity index (χ4v) is 3.87. The average molecular weight is 448 g/mol. The van der Waals surface area contributed by atoms with Gasteiger partial charge in [-0.1, -0.05) is 60.7 Å². The Balaban J connectivity index is 2.02. The van der Waals surface area contributed by atoms with Gasteiger partial charge in [-0.2, -0.15) is 8.78 Å². The van der Waals surface area contributed by atoms with Crippen molar-refractivity contribution in [2.24, 2.45) is 0 Å². The number of carbonyl (C=O) groups excluding carboxylic acids is 1. The molecule has 0 atom stereocenters. The summed E-state index contributed by atoms with van der Waals surface area (Å²) in [6.45, 7) is 0. The highest BCUT2D eigenvalue weighted by atomic mass is 19.1. The van der Waals surface area contributed by atoms with Gasteiger partial charge in [-0.3, -0.25) is 25.0 Å². The molecule has 164 valence electrons. The van der Waals surface area contributed by atoms with Gasteiger partial charge in [-0.15, -0.1) is 0 Å². The molecule has 9 heteroatoms. The summed E-state index contributed by atoms with van der Waals surface area (Å²) in [6.07, 6.45) is 0. The largest absolute Gasteiger partial charge is 0.309 e. The lowest BCUT2D eigenvalue weighted by Gasteiger charge is -2.18. The molecule has 33 heavy (non-hydrogen) atoms. The van der Waals surface area contributed by atoms with Crippen LogP contribution < -0.4 is 0 Å². The predicted octanol–water partition coefficient (Wildman–Crippen LogP) is 5.95. The Morgan fingerprint density at radius 1 is 0.697 bits per heavy atom. The molecule has 4 aromatic carbocycles. The smallest absolute Gasteiger partial charge is 0.293 e. The van der Waals surface area contributed by atoms with E-state index in [0.29, 0.717) is 5.39 Å². The van der Waals surface area contributed by atoms with Crippen molar-refractivity contribution in [1.29, 1.82) is 0 Å². The quantitative estimate of drug-likeness (QED) is 0.206. The van der Waals surface area contributed by atoms with Crippen molar-refractivity contribution in [3.8, 4) is 0 Å². The highest BCUT2D eigenvalue weighted by Gasteiger charge is 2.37. The van der Waals surface area contributed by atoms with Gasteiger partial charge in [0.2, 0.25) is 11.6 Å². The van der Waals surface area contributed by atoms with E-state index in [2.05, 4.69) is 0 Å². The molecule has 0 aliphatic rings. The van der Waals surface area contributed by atoms with Crippen molar-refractivity contribution in [3.63, 3.8) is 0 Å². The maximum atomic E-state index is 14.4. The second kappa shape index (κ2) is 8.54. The molecule has 4 aromatic rings. The van der Waals surface area contributed by atoms with Gasteiger partial charge < -0.3 is 0 Å². The lowest BCUT2D eigenvalue weighted by molar-refractivity contribution is -0.389. The van der Waals surface area contributed by atoms with E-state index in [9.17, 15) is 33.8 Å². The van der Waals surface area contributed by atoms with E-state index in [4.69, 9.17) is 0 Å². The molecular formula is C24H14F2N2O5. The number of ketones is 1. The summed E-state index contributed by atoms with van der Waals surface area (Å²) < 4.78 is 28.9. The molecule has 0 fully saturated rings. The molecule has 0 saturated carbocycles. The first-order valence-corrected chi connectivity index (χ1v) is 9.68. The number of nitrogens with zero attached hydrogens (tertiary/aromatic N) is 2. The first-order valence-electron chi connectivity index (χ1n) is 9.68. The van der Waals surface area contributed by atoms with Crippen molar-refractivity contribution < 1.29 is 23.4 Å². The number of hydrogen-bond donors (Lipinski definition) is 0. The second-order valence-corrected chi connectivity index (χ2v) is 7.23. The van der Waals surface area contributed by atoms with E-state index in [-0.39, 0.29) is 5.56 Å². The molecule has 0 saturated heterocycles. The van der Waals surface area contributed by atoms with E-state index in [1.165, 1.54) is 12.1 Å². The monoisotopic (exact) mass is 448 g/mol. The molecule has 0 aliphatic heterocycles. The molecule has 0 radical (unpaired) electrons. The van der Waals surface area contributed by atoms with Gasteiger partial charge in [0, 0.05) is 16.7 Å². The van der Waals surface area contributed by atoms with E-state index in [0.717, 1.165) is 41.8 Å². The highest BCUT2D eigenvalue weighted by Crippen LogP contribution is 2.40. The number of halogens is 2. The van der Waals surface area contributed by atoms with Crippen LogP contribution in [0, 0.1) is 31.9 Å². The number of benzene rings is 4. The van der Waals surface area contributed by atoms with Crippen LogP contribution in [-0.2, 0) is 0 Å². The first-order chi connectivity index (χ1) is 15.8. The number of nitro groups is 2. The molecule has 4 rings (SSSR count). The Morgan fingerprint density at radius 3 is 1.73 bits per heavy atom. The van der Waals surface area contributed by atoms with Crippen LogP contribution in [0.2, 0.25) is 0 Å². The number of carbonyl (C=O) groups is 1. The average Bonchev–Trinajstić information content (AvgIpc) is 2.78. The standard InChI is InChI=1S/C24H14F2N2O5/c25-19-9-3-7-17(22(19)27(30)31)21(18-8-4-10-20(26)23(18)28(32)33)24(29)16-12-11-14-5-1-2-6-15(14)13-16/h1-13,21H. The Bertz CT molecular complexity index is 1370. The molecular weight excluding hydrogens is 434 g/mol. The minimum atomic E-state index is -1.70. The maximum absolute atomic E-state index is 14.4. The van der Waals surface area contributed by atoms with Gasteiger partial charge in [0.15, 0.2) is 5.78 Å². The Morgan fingerprint density at radius 2 is 1.21 bits per heavy atom. The van der Waals surface area contributed by atoms with Gasteiger partial charge in [0.1, 0.15) is 0 Å². The van der Waals surface area contributed by atoms with Gasteiger partial charge in [-0.25, -0.2) is 0 Å². The third-order valence-electron chi connectivity index (χ3n) is 5.32. The summed E-state index contributed by atoms with van der Waals surface area (Å²) in [5, 5.41) is 24.8. The zero-order chi connectivity index (χ0) is 23.7. The highest BCUT2D eigenvalue weighted by molar-refractivity contribution is 6.06. The lowest BCUT2D eigenvalue weighted by Crippen LogP contribution is -2.18. The number of nitro benzene ring substituents is 2. The summed E-state index contributed by atoms with van der Waals surface area (Å²) in [4.78, 5) is 35.0. The normalized spacial score (nSPS) is 11.0. The second-order valence-electron chi connectivity index (χ2n) is 7.23. The van der Waals surface area contributed by atoms with Crippen molar-refractivity contribution in [2.75, 3.05) is 0 Å². The number of hydrogen-bond acceptors (Lipinski definition) is 5. The van der Waals surface area contributed by atoms with Crippen molar-refractivity contribution >= 4 is 27.9 Å². The molecule has 7 nitrogen and oxygen atoms in total. The Hall–Kier alpha value is -4.53. The third kappa shape index (κ3) is 3.91. The number of Topliss-reactive ketones (excluding diaryl/α,β-unsaturated/α-hetero) is 1. The number of para-hydroxylation sites is 2. The summed E-state index contributed by atoms with van der Waals surface area (Å²) in [6, 6.07) is 18.0. The van der Waals surface area contributed by atoms with Crippen molar-refractivity contribution in [2.45, 2.75) is 5.92 Å². The van der Waals surface area contributed by atoms with E-state index in [1.807, 2.05) is 6.07 Å². The van der Waals surface area contributed by atoms with Crippen LogP contribution in [-0.4, -0.2) is 15.6 Å². The van der Waals surface area contributed by atoms with Crippen LogP contribution >= 0.6 is 0 Å². The van der Waals surface area contributed by atoms with Crippen molar-refractivity contribution in [3.05, 3.63) is 127 Å². The van der Waals surface area contributed by atoms with E-state index < -0.39 is 55.7 Å². The Labute approximate surface area is 185 Å². The molecule has 0 spiro atoms. The van der Waals surface area contributed by atoms with Crippen LogP contribution in [0.15, 0.2) is 78.9 Å². The fraction of sp³-hybridized carbons (Fsp3) is 0.0417. The third-order valence-corrected chi connectivity index (χ3v) is 5.32. The molecule has 0 unspecified atom stereocenters. The number of fused-ring (bicyclic) bond motifs is 1. The summed E-state index contributed by atoms with van der Waals surface area (Å²) in [5.41, 5.74) is -2.75. The van der Waals surface area contributed by atoms with E-state index >= 15 is 0 Å². The molecule has 0 bridgehead atoms. The van der Waals surface area contributed by atoms with Crippen LogP contribution in [0.4, 0.5) is 20.2 Å². The van der Waals surface area contributed by atoms with Gasteiger partial charge in [0.05, 0.1) is 15.8 Å². The van der Waals surface area contributed by atoms with Gasteiger partial charge in [-0.05, 0) is 29.0 Å². The van der Waals surface area contributed by atoms with Gasteiger partial charge >= 0.3 is 11.4 Å². The summed E-state index contributed by atoms with van der Waals surface area (Å²) in [7, 11) is 0. The topological polar surface area (TPSA) is 103 Å². The summed E-state index contributed by atoms with van der Waals surface area (Å²) in [5.74, 6) is -4.90. The van der Waals surface area contributed by atoms with Gasteiger partial charge in [0.25, 0.3) is 0 Å². The fourth-order valence-electron chi connectivity index (χ4n) is 3.87. The van der Waals surface area contributed by atoms with Crippen LogP contribution in [0.1, 0.15) is 27.4 Å². The van der Waals surface area contributed by atoms with E-state index in [1.54, 1.807) is 24.3 Å². The minimum Gasteiger partial charge on any atom is -0.293 e. The molecule has 0 amide bonds. The SMILES string of the molecule is O=C(c1ccc2ccccc2c1)C(c1cccc(F)c1[N+](=O)[O-])c1cccc(F)c1[N+](=O)[O-]. The van der Waals surface area contributed by atoms with Crippen molar-refractivity contribution in [1.82, 2.24) is 0 Å². The van der Waals surface area contributed by atoms with Crippen LogP contribution in [0.3, 0.4) is 0 Å². The van der Waals surface area contributed by atoms with Crippen LogP contribution in [0.5, 0.6) is 0 Å². The zero-order valence-electron chi connectivity index (χ0n) is 16.8. The molecule has 0 N–H and O–H groups in total. The number of rotatable bonds is 6. The molecule has 0 aliphatic carbocycles. The predicted molar refractivity (Wildman–Crippen MR) is 116 cm³/mol. The Kier molecular flexibility index (Phi) is 5.61. The molecule has 0 aromatic heterocycles. The summed E-state index contributed by atoms with van der Waals surface area (Å²) >= 11 is 0.